The number of carbonyl (C=O) groups excluding carboxylic acids is 1. The lowest BCUT2D eigenvalue weighted by molar-refractivity contribution is -0.115. The lowest BCUT2D eigenvalue weighted by atomic mass is 9.92. The summed E-state index contributed by atoms with van der Waals surface area (Å²) < 4.78 is 21.3. The van der Waals surface area contributed by atoms with Gasteiger partial charge >= 0.3 is 0 Å². The Balaban J connectivity index is 1.29. The Bertz CT molecular complexity index is 1490. The third-order valence-corrected chi connectivity index (χ3v) is 5.76. The van der Waals surface area contributed by atoms with E-state index in [4.69, 9.17) is 4.52 Å². The number of hydrogen-bond acceptors (Lipinski definition) is 5. The largest absolute Gasteiger partial charge is 0.338 e. The predicted molar refractivity (Wildman–Crippen MR) is 131 cm³/mol. The van der Waals surface area contributed by atoms with Gasteiger partial charge in [-0.25, -0.2) is 14.1 Å². The quantitative estimate of drug-likeness (QED) is 0.363. The predicted octanol–water partition coefficient (Wildman–Crippen LogP) is 5.28. The molecule has 0 aliphatic rings. The van der Waals surface area contributed by atoms with Crippen LogP contribution in [-0.2, 0) is 23.4 Å². The van der Waals surface area contributed by atoms with Crippen LogP contribution in [0.1, 0.15) is 32.0 Å². The Morgan fingerprint density at radius 2 is 1.89 bits per heavy atom. The van der Waals surface area contributed by atoms with Crippen molar-refractivity contribution in [3.63, 3.8) is 0 Å². The zero-order valence-corrected chi connectivity index (χ0v) is 19.7. The van der Waals surface area contributed by atoms with Crippen LogP contribution in [0.2, 0.25) is 0 Å². The standard InChI is InChI=1S/C26H25FN6O2/c1-26(2,3)23-12-25(35-31-23)30-24(34)10-17-4-7-20(8-5-17)33-16-28-21-11-18(6-9-22(21)33)19-13-29-32(14-19)15-27/h4-9,11-14,16H,10,15H2,1-3H3,(H,30,34). The van der Waals surface area contributed by atoms with Crippen molar-refractivity contribution < 1.29 is 13.7 Å². The Morgan fingerprint density at radius 3 is 2.57 bits per heavy atom. The fourth-order valence-corrected chi connectivity index (χ4v) is 3.80. The summed E-state index contributed by atoms with van der Waals surface area (Å²) in [6, 6.07) is 15.4. The molecule has 0 aliphatic carbocycles. The highest BCUT2D eigenvalue weighted by atomic mass is 19.1. The van der Waals surface area contributed by atoms with Gasteiger partial charge in [-0.3, -0.25) is 14.7 Å². The number of amides is 1. The number of hydrogen-bond donors (Lipinski definition) is 1. The number of nitrogens with zero attached hydrogens (tertiary/aromatic N) is 5. The third kappa shape index (κ3) is 4.70. The van der Waals surface area contributed by atoms with Crippen molar-refractivity contribution in [1.29, 1.82) is 0 Å². The second kappa shape index (κ2) is 8.83. The number of benzene rings is 2. The van der Waals surface area contributed by atoms with E-state index in [1.807, 2.05) is 67.8 Å². The van der Waals surface area contributed by atoms with Crippen molar-refractivity contribution >= 4 is 22.8 Å². The molecule has 0 radical (unpaired) electrons. The molecule has 0 atom stereocenters. The van der Waals surface area contributed by atoms with Crippen molar-refractivity contribution in [2.45, 2.75) is 39.4 Å². The van der Waals surface area contributed by atoms with E-state index in [1.165, 1.54) is 4.68 Å². The van der Waals surface area contributed by atoms with Crippen LogP contribution in [0.25, 0.3) is 27.8 Å². The second-order valence-electron chi connectivity index (χ2n) is 9.42. The van der Waals surface area contributed by atoms with Crippen molar-refractivity contribution in [2.24, 2.45) is 0 Å². The molecule has 0 aliphatic heterocycles. The second-order valence-corrected chi connectivity index (χ2v) is 9.42. The SMILES string of the molecule is CC(C)(C)c1cc(NC(=O)Cc2ccc(-n3cnc4cc(-c5cnn(CF)c5)ccc43)cc2)on1. The highest BCUT2D eigenvalue weighted by Crippen LogP contribution is 2.26. The summed E-state index contributed by atoms with van der Waals surface area (Å²) in [4.78, 5) is 17.0. The molecule has 178 valence electrons. The number of halogens is 1. The number of anilines is 1. The Kier molecular flexibility index (Phi) is 5.68. The van der Waals surface area contributed by atoms with Gasteiger partial charge in [-0.1, -0.05) is 44.1 Å². The van der Waals surface area contributed by atoms with Gasteiger partial charge in [0.2, 0.25) is 11.8 Å². The molecule has 3 aromatic heterocycles. The van der Waals surface area contributed by atoms with Crippen molar-refractivity contribution in [2.75, 3.05) is 5.32 Å². The number of aromatic nitrogens is 5. The number of carbonyl (C=O) groups is 1. The van der Waals surface area contributed by atoms with Gasteiger partial charge in [-0.15, -0.1) is 0 Å². The van der Waals surface area contributed by atoms with Gasteiger partial charge in [0, 0.05) is 28.9 Å². The molecule has 3 heterocycles. The van der Waals surface area contributed by atoms with Gasteiger partial charge in [-0.05, 0) is 35.4 Å². The molecule has 35 heavy (non-hydrogen) atoms. The highest BCUT2D eigenvalue weighted by molar-refractivity contribution is 5.91. The molecule has 1 N–H and O–H groups in total. The molecule has 1 amide bonds. The van der Waals surface area contributed by atoms with E-state index >= 15 is 0 Å². The summed E-state index contributed by atoms with van der Waals surface area (Å²) in [7, 11) is 0. The first-order chi connectivity index (χ1) is 16.8. The molecule has 0 unspecified atom stereocenters. The van der Waals surface area contributed by atoms with E-state index in [0.717, 1.165) is 39.1 Å². The maximum Gasteiger partial charge on any atom is 0.231 e. The monoisotopic (exact) mass is 472 g/mol. The number of rotatable bonds is 6. The molecule has 0 saturated heterocycles. The summed E-state index contributed by atoms with van der Waals surface area (Å²) in [5.41, 5.74) is 5.95. The Morgan fingerprint density at radius 1 is 1.09 bits per heavy atom. The molecule has 2 aromatic carbocycles. The number of imidazole rings is 1. The van der Waals surface area contributed by atoms with Crippen LogP contribution in [0.15, 0.2) is 71.8 Å². The van der Waals surface area contributed by atoms with Crippen LogP contribution in [0.3, 0.4) is 0 Å². The summed E-state index contributed by atoms with van der Waals surface area (Å²) in [6.45, 7) is 5.43. The number of alkyl halides is 1. The molecule has 0 fully saturated rings. The highest BCUT2D eigenvalue weighted by Gasteiger charge is 2.19. The zero-order chi connectivity index (χ0) is 24.6. The first kappa shape index (κ1) is 22.5. The van der Waals surface area contributed by atoms with E-state index in [0.29, 0.717) is 5.88 Å². The van der Waals surface area contributed by atoms with E-state index in [2.05, 4.69) is 20.6 Å². The Labute approximate surface area is 201 Å². The molecular formula is C26H25FN6O2. The van der Waals surface area contributed by atoms with Crippen LogP contribution in [-0.4, -0.2) is 30.4 Å². The lowest BCUT2D eigenvalue weighted by Gasteiger charge is -2.12. The van der Waals surface area contributed by atoms with Crippen molar-refractivity contribution in [1.82, 2.24) is 24.5 Å². The van der Waals surface area contributed by atoms with Crippen molar-refractivity contribution in [3.8, 4) is 16.8 Å². The van der Waals surface area contributed by atoms with Gasteiger partial charge in [0.25, 0.3) is 0 Å². The van der Waals surface area contributed by atoms with Crippen LogP contribution in [0.4, 0.5) is 10.3 Å². The molecule has 9 heteroatoms. The number of fused-ring (bicyclic) bond motifs is 1. The molecule has 5 aromatic rings. The van der Waals surface area contributed by atoms with Gasteiger partial charge in [0.1, 0.15) is 6.33 Å². The third-order valence-electron chi connectivity index (χ3n) is 5.76. The topological polar surface area (TPSA) is 90.8 Å². The van der Waals surface area contributed by atoms with E-state index in [9.17, 15) is 9.18 Å². The molecule has 0 spiro atoms. The summed E-state index contributed by atoms with van der Waals surface area (Å²) in [5.74, 6) is 0.170. The summed E-state index contributed by atoms with van der Waals surface area (Å²) in [6.07, 6.45) is 5.28. The minimum atomic E-state index is -0.660. The average Bonchev–Trinajstić information content (AvgIpc) is 3.58. The van der Waals surface area contributed by atoms with Gasteiger partial charge < -0.3 is 4.52 Å². The molecule has 5 rings (SSSR count). The lowest BCUT2D eigenvalue weighted by Crippen LogP contribution is -2.14. The normalized spacial score (nSPS) is 11.8. The summed E-state index contributed by atoms with van der Waals surface area (Å²) >= 11 is 0. The van der Waals surface area contributed by atoms with Crippen molar-refractivity contribution in [3.05, 3.63) is 78.5 Å². The van der Waals surface area contributed by atoms with Crippen LogP contribution in [0.5, 0.6) is 0 Å². The van der Waals surface area contributed by atoms with Crippen LogP contribution in [0, 0.1) is 0 Å². The minimum Gasteiger partial charge on any atom is -0.338 e. The number of nitrogens with one attached hydrogen (secondary N) is 1. The zero-order valence-electron chi connectivity index (χ0n) is 19.7. The van der Waals surface area contributed by atoms with Crippen LogP contribution < -0.4 is 5.32 Å². The average molecular weight is 473 g/mol. The fraction of sp³-hybridized carbons (Fsp3) is 0.231. The van der Waals surface area contributed by atoms with E-state index in [1.54, 1.807) is 24.8 Å². The summed E-state index contributed by atoms with van der Waals surface area (Å²) in [5, 5.41) is 10.8. The fourth-order valence-electron chi connectivity index (χ4n) is 3.80. The smallest absolute Gasteiger partial charge is 0.231 e. The Hall–Kier alpha value is -4.27. The van der Waals surface area contributed by atoms with E-state index < -0.39 is 6.80 Å². The first-order valence-electron chi connectivity index (χ1n) is 11.2. The molecule has 8 nitrogen and oxygen atoms in total. The van der Waals surface area contributed by atoms with Crippen LogP contribution >= 0.6 is 0 Å². The van der Waals surface area contributed by atoms with Gasteiger partial charge in [0.15, 0.2) is 6.80 Å². The first-order valence-corrected chi connectivity index (χ1v) is 11.2. The maximum absolute atomic E-state index is 12.8. The molecule has 0 bridgehead atoms. The maximum atomic E-state index is 12.8. The molecule has 0 saturated carbocycles. The van der Waals surface area contributed by atoms with Gasteiger partial charge in [0.05, 0.1) is 29.3 Å². The minimum absolute atomic E-state index is 0.153. The molecular weight excluding hydrogens is 447 g/mol. The van der Waals surface area contributed by atoms with Gasteiger partial charge in [-0.2, -0.15) is 5.10 Å². The van der Waals surface area contributed by atoms with E-state index in [-0.39, 0.29) is 17.7 Å².